The molecule has 3 heterocycles. The summed E-state index contributed by atoms with van der Waals surface area (Å²) in [7, 11) is -4.03. The number of rotatable bonds is 5. The van der Waals surface area contributed by atoms with Crippen molar-refractivity contribution in [2.75, 3.05) is 18.9 Å². The maximum Gasteiger partial charge on any atom is 0.475 e. The summed E-state index contributed by atoms with van der Waals surface area (Å²) in [6.45, 7) is 0.669. The summed E-state index contributed by atoms with van der Waals surface area (Å²) in [5, 5.41) is 10.9. The molecule has 6 atom stereocenters. The topological polar surface area (TPSA) is 135 Å². The molecule has 174 valence electrons. The van der Waals surface area contributed by atoms with Crippen molar-refractivity contribution in [3.05, 3.63) is 57.6 Å². The molecule has 2 fully saturated rings. The van der Waals surface area contributed by atoms with Gasteiger partial charge >= 0.3 is 13.5 Å². The number of aromatic nitrogens is 2. The first kappa shape index (κ1) is 23.3. The Morgan fingerprint density at radius 1 is 1.47 bits per heavy atom. The molecule has 2 aliphatic heterocycles. The first-order chi connectivity index (χ1) is 15.1. The maximum atomic E-state index is 15.3. The van der Waals surface area contributed by atoms with E-state index in [0.29, 0.717) is 17.0 Å². The van der Waals surface area contributed by atoms with Gasteiger partial charge in [0.05, 0.1) is 19.3 Å². The lowest BCUT2D eigenvalue weighted by molar-refractivity contribution is -0.0653. The van der Waals surface area contributed by atoms with E-state index in [1.54, 1.807) is 24.3 Å². The van der Waals surface area contributed by atoms with E-state index in [1.807, 2.05) is 0 Å². The molecule has 0 spiro atoms. The number of nitrogen functional groups attached to an aromatic ring is 1. The zero-order chi connectivity index (χ0) is 23.1. The second kappa shape index (κ2) is 8.83. The maximum absolute atomic E-state index is 15.3. The number of alkyl halides is 1. The molecule has 0 amide bonds. The highest BCUT2D eigenvalue weighted by Gasteiger charge is 2.56. The summed E-state index contributed by atoms with van der Waals surface area (Å²) >= 11 is 6.01. The molecule has 2 aromatic rings. The molecule has 2 aliphatic rings. The monoisotopic (exact) mass is 489 g/mol. The molecule has 4 rings (SSSR count). The summed E-state index contributed by atoms with van der Waals surface area (Å²) in [6.07, 6.45) is -3.40. The molecule has 3 N–H and O–H groups in total. The Bertz CT molecular complexity index is 1100. The number of aliphatic hydroxyl groups is 1. The van der Waals surface area contributed by atoms with E-state index >= 15 is 4.39 Å². The molecular formula is C19H22ClFN3O7P. The van der Waals surface area contributed by atoms with Crippen LogP contribution in [-0.4, -0.2) is 45.7 Å². The molecule has 0 radical (unpaired) electrons. The third-order valence-corrected chi connectivity index (χ3v) is 7.04. The Balaban J connectivity index is 1.46. The standard InChI is InChI=1S/C19H22ClFN3O7P/c1-19(21)16(25)14(30-17(19)24-7-5-15(22)23-18(24)26)10-29-32(27)28-8-6-13(31-32)11-3-2-4-12(20)9-11/h2-5,7,9,13-14,16-17,25H,6,8,10H2,1H3,(H2,22,23,26)/t13-,14+,16+,17+,19?,32+/m0/s1. The smallest absolute Gasteiger partial charge is 0.387 e. The average Bonchev–Trinajstić information content (AvgIpc) is 2.96. The normalized spacial score (nSPS) is 35.1. The molecule has 13 heteroatoms. The highest BCUT2D eigenvalue weighted by atomic mass is 35.5. The van der Waals surface area contributed by atoms with E-state index < -0.39 is 50.3 Å². The van der Waals surface area contributed by atoms with Crippen molar-refractivity contribution < 1.29 is 32.4 Å². The largest absolute Gasteiger partial charge is 0.475 e. The fourth-order valence-electron chi connectivity index (χ4n) is 3.63. The lowest BCUT2D eigenvalue weighted by Gasteiger charge is -2.30. The Kier molecular flexibility index (Phi) is 6.43. The molecule has 1 unspecified atom stereocenters. The van der Waals surface area contributed by atoms with Crippen LogP contribution in [0.2, 0.25) is 5.02 Å². The van der Waals surface area contributed by atoms with Gasteiger partial charge < -0.3 is 15.6 Å². The van der Waals surface area contributed by atoms with Crippen molar-refractivity contribution in [2.24, 2.45) is 0 Å². The van der Waals surface area contributed by atoms with Crippen LogP contribution in [0.3, 0.4) is 0 Å². The van der Waals surface area contributed by atoms with Gasteiger partial charge in [-0.05, 0) is 30.7 Å². The first-order valence-electron chi connectivity index (χ1n) is 9.79. The number of phosphoric acid groups is 1. The Labute approximate surface area is 187 Å². The second-order valence-electron chi connectivity index (χ2n) is 7.68. The lowest BCUT2D eigenvalue weighted by Crippen LogP contribution is -2.43. The van der Waals surface area contributed by atoms with Crippen LogP contribution < -0.4 is 11.4 Å². The number of nitrogens with zero attached hydrogens (tertiary/aromatic N) is 2. The van der Waals surface area contributed by atoms with E-state index in [9.17, 15) is 14.5 Å². The predicted molar refractivity (Wildman–Crippen MR) is 112 cm³/mol. The number of ether oxygens (including phenoxy) is 1. The molecule has 32 heavy (non-hydrogen) atoms. The Morgan fingerprint density at radius 2 is 2.25 bits per heavy atom. The van der Waals surface area contributed by atoms with Crippen LogP contribution in [0.15, 0.2) is 41.3 Å². The Morgan fingerprint density at radius 3 is 2.97 bits per heavy atom. The van der Waals surface area contributed by atoms with E-state index in [2.05, 4.69) is 4.98 Å². The van der Waals surface area contributed by atoms with E-state index in [4.69, 9.17) is 35.6 Å². The minimum atomic E-state index is -4.03. The van der Waals surface area contributed by atoms with Gasteiger partial charge in [-0.15, -0.1) is 0 Å². The quantitative estimate of drug-likeness (QED) is 0.607. The SMILES string of the molecule is CC1(F)[C@H](O)[C@@H](CO[P@@]2(=O)OCC[C@@H](c3cccc(Cl)c3)O2)O[C@H]1n1ccc(N)nc1=O. The van der Waals surface area contributed by atoms with Crippen molar-refractivity contribution in [3.63, 3.8) is 0 Å². The average molecular weight is 490 g/mol. The van der Waals surface area contributed by atoms with Gasteiger partial charge in [-0.3, -0.25) is 18.1 Å². The predicted octanol–water partition coefficient (Wildman–Crippen LogP) is 2.77. The van der Waals surface area contributed by atoms with Gasteiger partial charge in [0, 0.05) is 17.6 Å². The van der Waals surface area contributed by atoms with Gasteiger partial charge in [0.1, 0.15) is 18.0 Å². The van der Waals surface area contributed by atoms with Crippen molar-refractivity contribution in [1.82, 2.24) is 9.55 Å². The third-order valence-electron chi connectivity index (χ3n) is 5.32. The van der Waals surface area contributed by atoms with Gasteiger partial charge in [0.15, 0.2) is 11.9 Å². The molecule has 1 aromatic heterocycles. The van der Waals surface area contributed by atoms with Crippen LogP contribution in [0.1, 0.15) is 31.2 Å². The van der Waals surface area contributed by atoms with Crippen molar-refractivity contribution in [3.8, 4) is 0 Å². The fourth-order valence-corrected chi connectivity index (χ4v) is 5.22. The molecule has 0 bridgehead atoms. The summed E-state index contributed by atoms with van der Waals surface area (Å²) < 4.78 is 50.7. The number of phosphoric ester groups is 1. The fraction of sp³-hybridized carbons (Fsp3) is 0.474. The molecule has 1 aromatic carbocycles. The van der Waals surface area contributed by atoms with Crippen LogP contribution in [0.5, 0.6) is 0 Å². The van der Waals surface area contributed by atoms with Gasteiger partial charge in [-0.25, -0.2) is 13.8 Å². The molecular weight excluding hydrogens is 468 g/mol. The van der Waals surface area contributed by atoms with Gasteiger partial charge in [0.25, 0.3) is 0 Å². The van der Waals surface area contributed by atoms with Crippen LogP contribution >= 0.6 is 19.4 Å². The van der Waals surface area contributed by atoms with Crippen LogP contribution in [0.25, 0.3) is 0 Å². The highest BCUT2D eigenvalue weighted by molar-refractivity contribution is 7.48. The minimum Gasteiger partial charge on any atom is -0.387 e. The van der Waals surface area contributed by atoms with Crippen molar-refractivity contribution in [1.29, 1.82) is 0 Å². The summed E-state index contributed by atoms with van der Waals surface area (Å²) in [4.78, 5) is 15.6. The molecule has 0 saturated carbocycles. The zero-order valence-electron chi connectivity index (χ0n) is 17.0. The lowest BCUT2D eigenvalue weighted by atomic mass is 9.98. The summed E-state index contributed by atoms with van der Waals surface area (Å²) in [5.41, 5.74) is 2.95. The molecule has 2 saturated heterocycles. The van der Waals surface area contributed by atoms with Crippen molar-refractivity contribution in [2.45, 2.75) is 43.6 Å². The number of anilines is 1. The highest BCUT2D eigenvalue weighted by Crippen LogP contribution is 2.57. The second-order valence-corrected chi connectivity index (χ2v) is 9.74. The number of nitrogens with two attached hydrogens (primary N) is 1. The number of benzene rings is 1. The van der Waals surface area contributed by atoms with E-state index in [0.717, 1.165) is 11.5 Å². The summed E-state index contributed by atoms with van der Waals surface area (Å²) in [6, 6.07) is 8.19. The number of hydrogen-bond donors (Lipinski definition) is 2. The molecule has 10 nitrogen and oxygen atoms in total. The van der Waals surface area contributed by atoms with Gasteiger partial charge in [-0.1, -0.05) is 23.7 Å². The van der Waals surface area contributed by atoms with Crippen LogP contribution in [-0.2, 0) is 22.9 Å². The summed E-state index contributed by atoms with van der Waals surface area (Å²) in [5.74, 6) is -0.0378. The Hall–Kier alpha value is -1.85. The van der Waals surface area contributed by atoms with Crippen LogP contribution in [0, 0.1) is 0 Å². The first-order valence-corrected chi connectivity index (χ1v) is 11.6. The van der Waals surface area contributed by atoms with Crippen LogP contribution in [0.4, 0.5) is 10.2 Å². The van der Waals surface area contributed by atoms with Crippen molar-refractivity contribution >= 4 is 25.2 Å². The van der Waals surface area contributed by atoms with Gasteiger partial charge in [-0.2, -0.15) is 4.98 Å². The molecule has 0 aliphatic carbocycles. The third kappa shape index (κ3) is 4.60. The number of halogens is 2. The minimum absolute atomic E-state index is 0.0378. The zero-order valence-corrected chi connectivity index (χ0v) is 18.6. The number of aliphatic hydroxyl groups excluding tert-OH is 1. The van der Waals surface area contributed by atoms with E-state index in [-0.39, 0.29) is 12.4 Å². The van der Waals surface area contributed by atoms with E-state index in [1.165, 1.54) is 12.3 Å². The number of hydrogen-bond acceptors (Lipinski definition) is 9. The van der Waals surface area contributed by atoms with Gasteiger partial charge in [0.2, 0.25) is 0 Å².